The first-order chi connectivity index (χ1) is 4.92. The standard InChI is InChI=1S/C9H22OSi/c1-7(2)6-9(5,10-11)8(3)4/h7-8H,6H2,1-5,11H3. The van der Waals surface area contributed by atoms with E-state index in [9.17, 15) is 0 Å². The van der Waals surface area contributed by atoms with Crippen molar-refractivity contribution in [1.29, 1.82) is 0 Å². The molecule has 0 spiro atoms. The highest BCUT2D eigenvalue weighted by atomic mass is 28.2. The van der Waals surface area contributed by atoms with Gasteiger partial charge in [-0.25, -0.2) is 0 Å². The van der Waals surface area contributed by atoms with E-state index in [1.165, 1.54) is 6.42 Å². The molecule has 0 aromatic carbocycles. The molecule has 0 aliphatic carbocycles. The molecule has 0 saturated heterocycles. The summed E-state index contributed by atoms with van der Waals surface area (Å²) in [5.41, 5.74) is 0.125. The molecule has 2 heteroatoms. The summed E-state index contributed by atoms with van der Waals surface area (Å²) in [5, 5.41) is 0. The van der Waals surface area contributed by atoms with E-state index in [1.807, 2.05) is 0 Å². The van der Waals surface area contributed by atoms with Crippen LogP contribution in [-0.2, 0) is 4.43 Å². The zero-order valence-electron chi connectivity index (χ0n) is 8.77. The largest absolute Gasteiger partial charge is 0.422 e. The van der Waals surface area contributed by atoms with Crippen LogP contribution in [-0.4, -0.2) is 16.1 Å². The van der Waals surface area contributed by atoms with Crippen LogP contribution in [0.15, 0.2) is 0 Å². The van der Waals surface area contributed by atoms with E-state index in [1.54, 1.807) is 0 Å². The topological polar surface area (TPSA) is 9.23 Å². The summed E-state index contributed by atoms with van der Waals surface area (Å²) < 4.78 is 5.65. The van der Waals surface area contributed by atoms with E-state index in [2.05, 4.69) is 34.6 Å². The molecular weight excluding hydrogens is 152 g/mol. The van der Waals surface area contributed by atoms with Crippen molar-refractivity contribution in [3.05, 3.63) is 0 Å². The first-order valence-electron chi connectivity index (χ1n) is 4.47. The summed E-state index contributed by atoms with van der Waals surface area (Å²) in [4.78, 5) is 0. The summed E-state index contributed by atoms with van der Waals surface area (Å²) in [6.07, 6.45) is 1.17. The van der Waals surface area contributed by atoms with Crippen molar-refractivity contribution >= 4 is 10.5 Å². The third-order valence-corrected chi connectivity index (χ3v) is 3.43. The number of hydrogen-bond donors (Lipinski definition) is 0. The Balaban J connectivity index is 4.10. The first-order valence-corrected chi connectivity index (χ1v) is 5.29. The van der Waals surface area contributed by atoms with Crippen molar-refractivity contribution in [3.8, 4) is 0 Å². The second-order valence-corrected chi connectivity index (χ2v) is 4.68. The molecule has 1 atom stereocenters. The fourth-order valence-corrected chi connectivity index (χ4v) is 2.00. The molecule has 0 heterocycles. The maximum atomic E-state index is 5.65. The van der Waals surface area contributed by atoms with Crippen LogP contribution in [0.4, 0.5) is 0 Å². The van der Waals surface area contributed by atoms with Crippen molar-refractivity contribution in [3.63, 3.8) is 0 Å². The molecule has 0 aromatic rings. The van der Waals surface area contributed by atoms with E-state index < -0.39 is 0 Å². The molecule has 11 heavy (non-hydrogen) atoms. The summed E-state index contributed by atoms with van der Waals surface area (Å²) in [7, 11) is 0.850. The van der Waals surface area contributed by atoms with Gasteiger partial charge in [0.2, 0.25) is 0 Å². The van der Waals surface area contributed by atoms with Crippen molar-refractivity contribution in [2.45, 2.75) is 46.6 Å². The fourth-order valence-electron chi connectivity index (χ4n) is 1.37. The zero-order valence-corrected chi connectivity index (χ0v) is 10.8. The van der Waals surface area contributed by atoms with Gasteiger partial charge in [0.15, 0.2) is 0 Å². The number of hydrogen-bond acceptors (Lipinski definition) is 1. The lowest BCUT2D eigenvalue weighted by Crippen LogP contribution is -2.35. The SMILES string of the molecule is CC(C)CC(C)(O[SiH3])C(C)C. The smallest absolute Gasteiger partial charge is 0.146 e. The minimum Gasteiger partial charge on any atom is -0.422 e. The minimum atomic E-state index is 0.125. The van der Waals surface area contributed by atoms with E-state index in [0.717, 1.165) is 16.4 Å². The van der Waals surface area contributed by atoms with E-state index >= 15 is 0 Å². The maximum Gasteiger partial charge on any atom is 0.146 e. The van der Waals surface area contributed by atoms with Crippen LogP contribution in [0, 0.1) is 11.8 Å². The van der Waals surface area contributed by atoms with Crippen molar-refractivity contribution in [2.24, 2.45) is 11.8 Å². The molecule has 1 nitrogen and oxygen atoms in total. The van der Waals surface area contributed by atoms with Gasteiger partial charge in [-0.3, -0.25) is 0 Å². The summed E-state index contributed by atoms with van der Waals surface area (Å²) in [6.45, 7) is 11.2. The zero-order chi connectivity index (χ0) is 9.07. The average molecular weight is 174 g/mol. The number of rotatable bonds is 4. The van der Waals surface area contributed by atoms with E-state index in [-0.39, 0.29) is 5.60 Å². The van der Waals surface area contributed by atoms with Crippen LogP contribution in [0.1, 0.15) is 41.0 Å². The van der Waals surface area contributed by atoms with Gasteiger partial charge in [-0.05, 0) is 25.2 Å². The molecule has 0 aliphatic heterocycles. The average Bonchev–Trinajstić information content (AvgIpc) is 1.86. The van der Waals surface area contributed by atoms with Gasteiger partial charge in [-0.2, -0.15) is 0 Å². The van der Waals surface area contributed by atoms with Crippen molar-refractivity contribution in [2.75, 3.05) is 0 Å². The van der Waals surface area contributed by atoms with Crippen LogP contribution in [0.5, 0.6) is 0 Å². The highest BCUT2D eigenvalue weighted by Crippen LogP contribution is 2.27. The molecule has 0 aliphatic rings. The monoisotopic (exact) mass is 174 g/mol. The van der Waals surface area contributed by atoms with Crippen LogP contribution < -0.4 is 0 Å². The Kier molecular flexibility index (Phi) is 4.33. The highest BCUT2D eigenvalue weighted by Gasteiger charge is 2.27. The molecule has 0 radical (unpaired) electrons. The second kappa shape index (κ2) is 4.26. The lowest BCUT2D eigenvalue weighted by Gasteiger charge is -2.34. The Morgan fingerprint density at radius 3 is 1.82 bits per heavy atom. The van der Waals surface area contributed by atoms with Crippen LogP contribution in [0.3, 0.4) is 0 Å². The Hall–Kier alpha value is 0.177. The van der Waals surface area contributed by atoms with Gasteiger partial charge in [-0.1, -0.05) is 27.7 Å². The van der Waals surface area contributed by atoms with Gasteiger partial charge in [0.1, 0.15) is 10.5 Å². The van der Waals surface area contributed by atoms with Gasteiger partial charge in [0.25, 0.3) is 0 Å². The molecule has 0 amide bonds. The fraction of sp³-hybridized carbons (Fsp3) is 1.00. The van der Waals surface area contributed by atoms with E-state index in [0.29, 0.717) is 5.92 Å². The Bertz CT molecular complexity index is 112. The minimum absolute atomic E-state index is 0.125. The molecular formula is C9H22OSi. The highest BCUT2D eigenvalue weighted by molar-refractivity contribution is 5.98. The first kappa shape index (κ1) is 11.2. The summed E-state index contributed by atoms with van der Waals surface area (Å²) in [5.74, 6) is 1.36. The lowest BCUT2D eigenvalue weighted by atomic mass is 9.85. The van der Waals surface area contributed by atoms with Crippen LogP contribution >= 0.6 is 0 Å². The van der Waals surface area contributed by atoms with Gasteiger partial charge in [0.05, 0.1) is 5.60 Å². The Morgan fingerprint density at radius 2 is 1.73 bits per heavy atom. The molecule has 0 rings (SSSR count). The molecule has 0 aromatic heterocycles. The van der Waals surface area contributed by atoms with E-state index in [4.69, 9.17) is 4.43 Å². The molecule has 0 fully saturated rings. The molecule has 1 unspecified atom stereocenters. The van der Waals surface area contributed by atoms with Crippen molar-refractivity contribution < 1.29 is 4.43 Å². The summed E-state index contributed by atoms with van der Waals surface area (Å²) in [6, 6.07) is 0. The second-order valence-electron chi connectivity index (χ2n) is 4.27. The van der Waals surface area contributed by atoms with Gasteiger partial charge in [0, 0.05) is 0 Å². The van der Waals surface area contributed by atoms with Gasteiger partial charge >= 0.3 is 0 Å². The van der Waals surface area contributed by atoms with Crippen LogP contribution in [0.2, 0.25) is 0 Å². The molecule has 0 saturated carbocycles. The van der Waals surface area contributed by atoms with Gasteiger partial charge < -0.3 is 4.43 Å². The third-order valence-electron chi connectivity index (χ3n) is 2.50. The summed E-state index contributed by atoms with van der Waals surface area (Å²) >= 11 is 0. The predicted octanol–water partition coefficient (Wildman–Crippen LogP) is 1.74. The Labute approximate surface area is 74.1 Å². The van der Waals surface area contributed by atoms with Crippen LogP contribution in [0.25, 0.3) is 0 Å². The molecule has 68 valence electrons. The normalized spacial score (nSPS) is 17.7. The quantitative estimate of drug-likeness (QED) is 0.590. The third kappa shape index (κ3) is 3.39. The lowest BCUT2D eigenvalue weighted by molar-refractivity contribution is 0.0289. The molecule has 0 bridgehead atoms. The maximum absolute atomic E-state index is 5.65. The Morgan fingerprint density at radius 1 is 1.27 bits per heavy atom. The molecule has 0 N–H and O–H groups in total. The van der Waals surface area contributed by atoms with Gasteiger partial charge in [-0.15, -0.1) is 0 Å². The van der Waals surface area contributed by atoms with Crippen molar-refractivity contribution in [1.82, 2.24) is 0 Å². The predicted molar refractivity (Wildman–Crippen MR) is 53.7 cm³/mol.